The molecule has 1 heterocycles. The minimum absolute atomic E-state index is 0.0104. The first-order valence-corrected chi connectivity index (χ1v) is 9.55. The van der Waals surface area contributed by atoms with E-state index < -0.39 is 5.82 Å². The summed E-state index contributed by atoms with van der Waals surface area (Å²) >= 11 is 0. The minimum atomic E-state index is -0.394. The summed E-state index contributed by atoms with van der Waals surface area (Å²) in [5, 5.41) is 5.76. The zero-order chi connectivity index (χ0) is 19.9. The lowest BCUT2D eigenvalue weighted by Gasteiger charge is -2.17. The number of nitrogens with one attached hydrogen (secondary N) is 2. The predicted octanol–water partition coefficient (Wildman–Crippen LogP) is 3.75. The van der Waals surface area contributed by atoms with Crippen LogP contribution < -0.4 is 10.6 Å². The summed E-state index contributed by atoms with van der Waals surface area (Å²) in [6, 6.07) is 13.3. The van der Waals surface area contributed by atoms with E-state index in [-0.39, 0.29) is 30.4 Å². The molecule has 0 unspecified atom stereocenters. The number of hydrogen-bond donors (Lipinski definition) is 2. The van der Waals surface area contributed by atoms with E-state index in [4.69, 9.17) is 4.74 Å². The molecular formula is C22H25FN2O3. The summed E-state index contributed by atoms with van der Waals surface area (Å²) in [5.74, 6) is -0.736. The van der Waals surface area contributed by atoms with Gasteiger partial charge in [-0.25, -0.2) is 4.39 Å². The molecule has 6 heteroatoms. The highest BCUT2D eigenvalue weighted by Gasteiger charge is 2.20. The van der Waals surface area contributed by atoms with E-state index in [1.165, 1.54) is 6.07 Å². The second-order valence-electron chi connectivity index (χ2n) is 7.07. The highest BCUT2D eigenvalue weighted by molar-refractivity contribution is 5.92. The highest BCUT2D eigenvalue weighted by atomic mass is 19.1. The van der Waals surface area contributed by atoms with Crippen molar-refractivity contribution in [3.8, 4) is 0 Å². The maximum absolute atomic E-state index is 13.7. The third-order valence-corrected chi connectivity index (χ3v) is 4.79. The van der Waals surface area contributed by atoms with Crippen LogP contribution in [0.2, 0.25) is 0 Å². The summed E-state index contributed by atoms with van der Waals surface area (Å²) in [6.45, 7) is 2.62. The van der Waals surface area contributed by atoms with Crippen molar-refractivity contribution in [3.63, 3.8) is 0 Å². The third-order valence-electron chi connectivity index (χ3n) is 4.79. The number of ether oxygens (including phenoxy) is 1. The standard InChI is InChI=1S/C22H25FN2O3/c1-15(24-22(27)14-19-9-5-11-28-19)16-7-4-8-18(12-16)25-21(26)13-17-6-2-3-10-20(17)23/h2-4,6-8,10,12,15,19H,5,9,11,13-14H2,1H3,(H,24,27)(H,25,26)/t15-,19-/m0/s1. The van der Waals surface area contributed by atoms with Crippen LogP contribution in [0.5, 0.6) is 0 Å². The zero-order valence-corrected chi connectivity index (χ0v) is 15.9. The molecule has 0 spiro atoms. The van der Waals surface area contributed by atoms with E-state index in [1.54, 1.807) is 24.3 Å². The number of halogens is 1. The van der Waals surface area contributed by atoms with Gasteiger partial charge in [0.05, 0.1) is 25.0 Å². The molecule has 5 nitrogen and oxygen atoms in total. The van der Waals surface area contributed by atoms with E-state index in [0.717, 1.165) is 25.0 Å². The van der Waals surface area contributed by atoms with Crippen LogP contribution in [0.3, 0.4) is 0 Å². The lowest BCUT2D eigenvalue weighted by atomic mass is 10.1. The van der Waals surface area contributed by atoms with Crippen LogP contribution in [-0.2, 0) is 20.7 Å². The van der Waals surface area contributed by atoms with Crippen molar-refractivity contribution in [2.75, 3.05) is 11.9 Å². The molecule has 2 atom stereocenters. The summed E-state index contributed by atoms with van der Waals surface area (Å²) in [4.78, 5) is 24.4. The summed E-state index contributed by atoms with van der Waals surface area (Å²) in [7, 11) is 0. The topological polar surface area (TPSA) is 67.4 Å². The van der Waals surface area contributed by atoms with Crippen molar-refractivity contribution in [1.82, 2.24) is 5.32 Å². The van der Waals surface area contributed by atoms with Gasteiger partial charge in [-0.2, -0.15) is 0 Å². The maximum atomic E-state index is 13.7. The quantitative estimate of drug-likeness (QED) is 0.764. The first-order valence-electron chi connectivity index (χ1n) is 9.55. The number of amides is 2. The average molecular weight is 384 g/mol. The van der Waals surface area contributed by atoms with Gasteiger partial charge in [0.1, 0.15) is 5.82 Å². The Morgan fingerprint density at radius 3 is 2.75 bits per heavy atom. The smallest absolute Gasteiger partial charge is 0.228 e. The Labute approximate surface area is 164 Å². The van der Waals surface area contributed by atoms with Gasteiger partial charge in [0.25, 0.3) is 0 Å². The molecule has 2 aromatic carbocycles. The Kier molecular flexibility index (Phi) is 6.76. The van der Waals surface area contributed by atoms with Gasteiger partial charge in [0.2, 0.25) is 11.8 Å². The summed E-state index contributed by atoms with van der Waals surface area (Å²) < 4.78 is 19.2. The van der Waals surface area contributed by atoms with Gasteiger partial charge in [0, 0.05) is 12.3 Å². The van der Waals surface area contributed by atoms with Gasteiger partial charge in [0.15, 0.2) is 0 Å². The van der Waals surface area contributed by atoms with Crippen LogP contribution in [0.25, 0.3) is 0 Å². The molecule has 2 aromatic rings. The SMILES string of the molecule is C[C@H](NC(=O)C[C@@H]1CCCO1)c1cccc(NC(=O)Cc2ccccc2F)c1. The van der Waals surface area contributed by atoms with Crippen LogP contribution in [0.15, 0.2) is 48.5 Å². The summed E-state index contributed by atoms with van der Waals surface area (Å²) in [5.41, 5.74) is 1.84. The lowest BCUT2D eigenvalue weighted by Crippen LogP contribution is -2.29. The van der Waals surface area contributed by atoms with Crippen LogP contribution >= 0.6 is 0 Å². The van der Waals surface area contributed by atoms with Crippen molar-refractivity contribution < 1.29 is 18.7 Å². The normalized spacial score (nSPS) is 17.1. The van der Waals surface area contributed by atoms with Gasteiger partial charge in [-0.1, -0.05) is 30.3 Å². The molecule has 0 radical (unpaired) electrons. The first kappa shape index (κ1) is 20.0. The van der Waals surface area contributed by atoms with Gasteiger partial charge in [-0.05, 0) is 49.1 Å². The molecule has 28 heavy (non-hydrogen) atoms. The van der Waals surface area contributed by atoms with E-state index in [1.807, 2.05) is 25.1 Å². The van der Waals surface area contributed by atoms with Crippen molar-refractivity contribution in [2.45, 2.75) is 44.8 Å². The second-order valence-corrected chi connectivity index (χ2v) is 7.07. The van der Waals surface area contributed by atoms with Crippen molar-refractivity contribution >= 4 is 17.5 Å². The third kappa shape index (κ3) is 5.63. The second kappa shape index (κ2) is 9.46. The number of carbonyl (C=O) groups excluding carboxylic acids is 2. The molecule has 0 bridgehead atoms. The molecule has 1 fully saturated rings. The van der Waals surface area contributed by atoms with Crippen LogP contribution in [0.1, 0.15) is 43.4 Å². The Bertz CT molecular complexity index is 834. The Balaban J connectivity index is 1.56. The largest absolute Gasteiger partial charge is 0.378 e. The molecule has 3 rings (SSSR count). The number of benzene rings is 2. The first-order chi connectivity index (χ1) is 13.5. The number of carbonyl (C=O) groups is 2. The molecule has 1 aliphatic heterocycles. The van der Waals surface area contributed by atoms with E-state index in [9.17, 15) is 14.0 Å². The maximum Gasteiger partial charge on any atom is 0.228 e. The lowest BCUT2D eigenvalue weighted by molar-refractivity contribution is -0.124. The molecule has 0 aromatic heterocycles. The van der Waals surface area contributed by atoms with Gasteiger partial charge < -0.3 is 15.4 Å². The summed E-state index contributed by atoms with van der Waals surface area (Å²) in [6.07, 6.45) is 2.26. The van der Waals surface area contributed by atoms with E-state index >= 15 is 0 Å². The highest BCUT2D eigenvalue weighted by Crippen LogP contribution is 2.20. The Morgan fingerprint density at radius 2 is 2.00 bits per heavy atom. The van der Waals surface area contributed by atoms with Crippen LogP contribution in [0, 0.1) is 5.82 Å². The van der Waals surface area contributed by atoms with Crippen molar-refractivity contribution in [2.24, 2.45) is 0 Å². The monoisotopic (exact) mass is 384 g/mol. The minimum Gasteiger partial charge on any atom is -0.378 e. The number of anilines is 1. The predicted molar refractivity (Wildman–Crippen MR) is 105 cm³/mol. The fourth-order valence-corrected chi connectivity index (χ4v) is 3.30. The van der Waals surface area contributed by atoms with E-state index in [0.29, 0.717) is 17.7 Å². The average Bonchev–Trinajstić information content (AvgIpc) is 3.16. The molecule has 148 valence electrons. The zero-order valence-electron chi connectivity index (χ0n) is 15.9. The van der Waals surface area contributed by atoms with Gasteiger partial charge in [-0.15, -0.1) is 0 Å². The van der Waals surface area contributed by atoms with Crippen molar-refractivity contribution in [3.05, 3.63) is 65.5 Å². The van der Waals surface area contributed by atoms with E-state index in [2.05, 4.69) is 10.6 Å². The number of hydrogen-bond acceptors (Lipinski definition) is 3. The molecule has 2 amide bonds. The van der Waals surface area contributed by atoms with Gasteiger partial charge in [-0.3, -0.25) is 9.59 Å². The van der Waals surface area contributed by atoms with Crippen molar-refractivity contribution in [1.29, 1.82) is 0 Å². The van der Waals surface area contributed by atoms with Crippen LogP contribution in [0.4, 0.5) is 10.1 Å². The van der Waals surface area contributed by atoms with Crippen LogP contribution in [-0.4, -0.2) is 24.5 Å². The Morgan fingerprint density at radius 1 is 1.18 bits per heavy atom. The molecular weight excluding hydrogens is 359 g/mol. The molecule has 0 saturated carbocycles. The fraction of sp³-hybridized carbons (Fsp3) is 0.364. The molecule has 0 aliphatic carbocycles. The van der Waals surface area contributed by atoms with Gasteiger partial charge >= 0.3 is 0 Å². The molecule has 2 N–H and O–H groups in total. The molecule has 1 saturated heterocycles. The Hall–Kier alpha value is -2.73. The fourth-order valence-electron chi connectivity index (χ4n) is 3.30. The number of rotatable bonds is 7. The molecule has 1 aliphatic rings.